The number of rotatable bonds is 4. The zero-order valence-electron chi connectivity index (χ0n) is 12.6. The van der Waals surface area contributed by atoms with Crippen LogP contribution in [0.2, 0.25) is 0 Å². The third-order valence-corrected chi connectivity index (χ3v) is 3.67. The van der Waals surface area contributed by atoms with Gasteiger partial charge in [-0.15, -0.1) is 0 Å². The Labute approximate surface area is 133 Å². The molecule has 3 aromatic rings. The van der Waals surface area contributed by atoms with Crippen LogP contribution < -0.4 is 0 Å². The van der Waals surface area contributed by atoms with Crippen LogP contribution in [0.3, 0.4) is 0 Å². The highest BCUT2D eigenvalue weighted by Gasteiger charge is 2.24. The average molecular weight is 305 g/mol. The summed E-state index contributed by atoms with van der Waals surface area (Å²) in [6.45, 7) is 0. The first-order chi connectivity index (χ1) is 11.3. The van der Waals surface area contributed by atoms with Gasteiger partial charge in [0.1, 0.15) is 5.69 Å². The van der Waals surface area contributed by atoms with E-state index in [9.17, 15) is 9.59 Å². The molecule has 0 amide bonds. The number of ether oxygens (including phenoxy) is 1. The summed E-state index contributed by atoms with van der Waals surface area (Å²) in [7, 11) is 1.29. The average Bonchev–Trinajstić information content (AvgIpc) is 3.02. The highest BCUT2D eigenvalue weighted by Crippen LogP contribution is 2.36. The van der Waals surface area contributed by atoms with Crippen molar-refractivity contribution in [2.45, 2.75) is 0 Å². The van der Waals surface area contributed by atoms with Gasteiger partial charge in [-0.25, -0.2) is 4.79 Å². The van der Waals surface area contributed by atoms with Crippen molar-refractivity contribution in [3.05, 3.63) is 71.9 Å². The Bertz CT molecular complexity index is 836. The Morgan fingerprint density at radius 2 is 1.52 bits per heavy atom. The lowest BCUT2D eigenvalue weighted by Crippen LogP contribution is -2.04. The van der Waals surface area contributed by atoms with Crippen LogP contribution in [0, 0.1) is 0 Å². The number of hydrogen-bond donors (Lipinski definition) is 1. The van der Waals surface area contributed by atoms with Gasteiger partial charge in [0.2, 0.25) is 0 Å². The highest BCUT2D eigenvalue weighted by atomic mass is 16.5. The third-order valence-electron chi connectivity index (χ3n) is 3.67. The van der Waals surface area contributed by atoms with Crippen molar-refractivity contribution >= 4 is 12.3 Å². The number of benzene rings is 2. The molecule has 0 aliphatic carbocycles. The predicted molar refractivity (Wildman–Crippen MR) is 88.4 cm³/mol. The van der Waals surface area contributed by atoms with Crippen LogP contribution in [0.25, 0.3) is 22.4 Å². The van der Waals surface area contributed by atoms with E-state index in [0.717, 1.165) is 16.8 Å². The van der Waals surface area contributed by atoms with Crippen molar-refractivity contribution in [2.24, 2.45) is 0 Å². The Morgan fingerprint density at radius 1 is 0.957 bits per heavy atom. The number of methoxy groups -OCH3 is 1. The van der Waals surface area contributed by atoms with E-state index in [1.807, 2.05) is 60.7 Å². The SMILES string of the molecule is COC(=O)c1[nH]c(-c2ccccc2)c(-c2ccccc2)c1C=O. The summed E-state index contributed by atoms with van der Waals surface area (Å²) in [6.07, 6.45) is 0.692. The van der Waals surface area contributed by atoms with Gasteiger partial charge in [-0.05, 0) is 11.1 Å². The van der Waals surface area contributed by atoms with E-state index < -0.39 is 5.97 Å². The topological polar surface area (TPSA) is 59.2 Å². The molecule has 0 saturated heterocycles. The molecular weight excluding hydrogens is 290 g/mol. The monoisotopic (exact) mass is 305 g/mol. The maximum Gasteiger partial charge on any atom is 0.355 e. The number of nitrogens with one attached hydrogen (secondary N) is 1. The van der Waals surface area contributed by atoms with Gasteiger partial charge in [-0.1, -0.05) is 60.7 Å². The molecule has 0 bridgehead atoms. The second-order valence-electron chi connectivity index (χ2n) is 5.01. The van der Waals surface area contributed by atoms with E-state index in [1.165, 1.54) is 7.11 Å². The Kier molecular flexibility index (Phi) is 4.06. The molecule has 23 heavy (non-hydrogen) atoms. The van der Waals surface area contributed by atoms with Crippen molar-refractivity contribution < 1.29 is 14.3 Å². The zero-order valence-corrected chi connectivity index (χ0v) is 12.6. The molecular formula is C19H15NO3. The van der Waals surface area contributed by atoms with Gasteiger partial charge in [-0.3, -0.25) is 4.79 Å². The summed E-state index contributed by atoms with van der Waals surface area (Å²) in [5, 5.41) is 0. The summed E-state index contributed by atoms with van der Waals surface area (Å²) in [5.41, 5.74) is 3.65. The summed E-state index contributed by atoms with van der Waals surface area (Å²) in [6, 6.07) is 19.1. The molecule has 1 aromatic heterocycles. The van der Waals surface area contributed by atoms with Crippen molar-refractivity contribution in [2.75, 3.05) is 7.11 Å². The van der Waals surface area contributed by atoms with Crippen LogP contribution in [0.1, 0.15) is 20.8 Å². The Balaban J connectivity index is 2.32. The van der Waals surface area contributed by atoms with Crippen molar-refractivity contribution in [1.82, 2.24) is 4.98 Å². The number of H-pyrrole nitrogens is 1. The lowest BCUT2D eigenvalue weighted by atomic mass is 9.97. The molecule has 0 fully saturated rings. The van der Waals surface area contributed by atoms with Crippen molar-refractivity contribution in [1.29, 1.82) is 0 Å². The van der Waals surface area contributed by atoms with Gasteiger partial charge < -0.3 is 9.72 Å². The van der Waals surface area contributed by atoms with Crippen molar-refractivity contribution in [3.63, 3.8) is 0 Å². The minimum absolute atomic E-state index is 0.167. The van der Waals surface area contributed by atoms with E-state index in [4.69, 9.17) is 4.74 Å². The summed E-state index contributed by atoms with van der Waals surface area (Å²) in [5.74, 6) is -0.563. The second-order valence-corrected chi connectivity index (χ2v) is 5.01. The van der Waals surface area contributed by atoms with Crippen LogP contribution in [-0.2, 0) is 4.74 Å². The second kappa shape index (κ2) is 6.32. The summed E-state index contributed by atoms with van der Waals surface area (Å²) in [4.78, 5) is 26.7. The maximum absolute atomic E-state index is 12.0. The van der Waals surface area contributed by atoms with E-state index in [-0.39, 0.29) is 5.69 Å². The minimum Gasteiger partial charge on any atom is -0.464 e. The molecule has 3 rings (SSSR count). The summed E-state index contributed by atoms with van der Waals surface area (Å²) < 4.78 is 4.79. The van der Waals surface area contributed by atoms with Gasteiger partial charge in [0, 0.05) is 5.56 Å². The van der Waals surface area contributed by atoms with E-state index in [2.05, 4.69) is 4.98 Å². The highest BCUT2D eigenvalue weighted by molar-refractivity contribution is 6.06. The van der Waals surface area contributed by atoms with Gasteiger partial charge in [0.25, 0.3) is 0 Å². The minimum atomic E-state index is -0.563. The quantitative estimate of drug-likeness (QED) is 0.586. The molecule has 0 saturated carbocycles. The largest absolute Gasteiger partial charge is 0.464 e. The maximum atomic E-state index is 12.0. The Morgan fingerprint density at radius 3 is 2.04 bits per heavy atom. The van der Waals surface area contributed by atoms with Gasteiger partial charge in [0.15, 0.2) is 6.29 Å². The first-order valence-electron chi connectivity index (χ1n) is 7.16. The molecule has 1 N–H and O–H groups in total. The molecule has 2 aromatic carbocycles. The molecule has 0 aliphatic rings. The van der Waals surface area contributed by atoms with Gasteiger partial charge in [-0.2, -0.15) is 0 Å². The number of aldehydes is 1. The number of carbonyl (C=O) groups excluding carboxylic acids is 2. The van der Waals surface area contributed by atoms with Crippen LogP contribution in [-0.4, -0.2) is 24.3 Å². The smallest absolute Gasteiger partial charge is 0.355 e. The number of aromatic nitrogens is 1. The van der Waals surface area contributed by atoms with E-state index in [0.29, 0.717) is 17.4 Å². The van der Waals surface area contributed by atoms with Gasteiger partial charge >= 0.3 is 5.97 Å². The molecule has 4 heteroatoms. The van der Waals surface area contributed by atoms with E-state index in [1.54, 1.807) is 0 Å². The zero-order chi connectivity index (χ0) is 16.2. The molecule has 0 unspecified atom stereocenters. The lowest BCUT2D eigenvalue weighted by Gasteiger charge is -2.05. The molecule has 4 nitrogen and oxygen atoms in total. The number of esters is 1. The van der Waals surface area contributed by atoms with Gasteiger partial charge in [0.05, 0.1) is 18.4 Å². The lowest BCUT2D eigenvalue weighted by molar-refractivity contribution is 0.0592. The van der Waals surface area contributed by atoms with Crippen LogP contribution in [0.15, 0.2) is 60.7 Å². The molecule has 0 radical (unpaired) electrons. The fraction of sp³-hybridized carbons (Fsp3) is 0.0526. The normalized spacial score (nSPS) is 10.3. The molecule has 114 valence electrons. The summed E-state index contributed by atoms with van der Waals surface area (Å²) >= 11 is 0. The van der Waals surface area contributed by atoms with Crippen LogP contribution >= 0.6 is 0 Å². The number of hydrogen-bond acceptors (Lipinski definition) is 3. The Hall–Kier alpha value is -3.14. The van der Waals surface area contributed by atoms with Crippen LogP contribution in [0.4, 0.5) is 0 Å². The number of aromatic amines is 1. The molecule has 0 atom stereocenters. The van der Waals surface area contributed by atoms with E-state index >= 15 is 0 Å². The fourth-order valence-corrected chi connectivity index (χ4v) is 2.62. The third kappa shape index (κ3) is 2.66. The fourth-order valence-electron chi connectivity index (χ4n) is 2.62. The van der Waals surface area contributed by atoms with Crippen molar-refractivity contribution in [3.8, 4) is 22.4 Å². The molecule has 0 spiro atoms. The predicted octanol–water partition coefficient (Wildman–Crippen LogP) is 3.95. The van der Waals surface area contributed by atoms with Crippen LogP contribution in [0.5, 0.6) is 0 Å². The number of carbonyl (C=O) groups is 2. The molecule has 1 heterocycles. The first kappa shape index (κ1) is 14.8. The molecule has 0 aliphatic heterocycles. The standard InChI is InChI=1S/C19H15NO3/c1-23-19(22)18-15(12-21)16(13-8-4-2-5-9-13)17(20-18)14-10-6-3-7-11-14/h2-12,20H,1H3. The first-order valence-corrected chi connectivity index (χ1v) is 7.16.